The second kappa shape index (κ2) is 6.52. The molecule has 0 aromatic carbocycles. The molecule has 0 bridgehead atoms. The Labute approximate surface area is 149 Å². The van der Waals surface area contributed by atoms with E-state index in [0.717, 1.165) is 22.6 Å². The maximum absolute atomic E-state index is 5.93. The van der Waals surface area contributed by atoms with Crippen molar-refractivity contribution in [2.45, 2.75) is 13.8 Å². The SMILES string of the molecule is C=C(N)c1nc(C#Cc2csc(Cl)c2)c(C)n1-c1ccc(C)nc1. The minimum atomic E-state index is 0.380. The zero-order valence-corrected chi connectivity index (χ0v) is 14.9. The van der Waals surface area contributed by atoms with E-state index in [0.29, 0.717) is 21.6 Å². The van der Waals surface area contributed by atoms with Crippen LogP contribution in [0.5, 0.6) is 0 Å². The molecule has 3 heterocycles. The number of thiophene rings is 1. The van der Waals surface area contributed by atoms with Gasteiger partial charge in [0, 0.05) is 16.6 Å². The third-order valence-electron chi connectivity index (χ3n) is 3.44. The second-order valence-corrected chi connectivity index (χ2v) is 6.82. The smallest absolute Gasteiger partial charge is 0.161 e. The number of nitrogens with zero attached hydrogens (tertiary/aromatic N) is 3. The zero-order valence-electron chi connectivity index (χ0n) is 13.3. The fourth-order valence-corrected chi connectivity index (χ4v) is 3.06. The molecule has 6 heteroatoms. The summed E-state index contributed by atoms with van der Waals surface area (Å²) in [5.41, 5.74) is 10.5. The summed E-state index contributed by atoms with van der Waals surface area (Å²) in [5, 5.41) is 1.91. The van der Waals surface area contributed by atoms with Gasteiger partial charge in [0.15, 0.2) is 5.82 Å². The molecule has 0 aliphatic carbocycles. The fraction of sp³-hybridized carbons (Fsp3) is 0.111. The summed E-state index contributed by atoms with van der Waals surface area (Å²) in [5.74, 6) is 6.74. The summed E-state index contributed by atoms with van der Waals surface area (Å²) in [6, 6.07) is 5.74. The molecule has 0 aliphatic rings. The molecular weight excluding hydrogens is 340 g/mol. The minimum Gasteiger partial charge on any atom is -0.396 e. The Balaban J connectivity index is 2.10. The van der Waals surface area contributed by atoms with Gasteiger partial charge in [-0.2, -0.15) is 0 Å². The standard InChI is InChI=1S/C18H15ClN4S/c1-11-4-6-15(9-21-11)23-13(3)16(22-18(23)12(2)20)7-5-14-8-17(19)24-10-14/h4,6,8-10H,2,20H2,1,3H3. The van der Waals surface area contributed by atoms with Gasteiger partial charge in [-0.3, -0.25) is 9.55 Å². The van der Waals surface area contributed by atoms with Gasteiger partial charge in [0.2, 0.25) is 0 Å². The van der Waals surface area contributed by atoms with E-state index in [4.69, 9.17) is 17.3 Å². The predicted octanol–water partition coefficient (Wildman–Crippen LogP) is 3.93. The number of halogens is 1. The molecule has 0 atom stereocenters. The van der Waals surface area contributed by atoms with Crippen molar-refractivity contribution in [2.75, 3.05) is 0 Å². The highest BCUT2D eigenvalue weighted by Crippen LogP contribution is 2.21. The predicted molar refractivity (Wildman–Crippen MR) is 99.4 cm³/mol. The topological polar surface area (TPSA) is 56.7 Å². The Morgan fingerprint density at radius 1 is 1.33 bits per heavy atom. The van der Waals surface area contributed by atoms with Crippen LogP contribution in [0.15, 0.2) is 36.4 Å². The molecule has 0 amide bonds. The lowest BCUT2D eigenvalue weighted by molar-refractivity contribution is 0.959. The minimum absolute atomic E-state index is 0.380. The van der Waals surface area contributed by atoms with E-state index < -0.39 is 0 Å². The first-order chi connectivity index (χ1) is 11.5. The van der Waals surface area contributed by atoms with Gasteiger partial charge in [-0.1, -0.05) is 24.1 Å². The summed E-state index contributed by atoms with van der Waals surface area (Å²) in [6.45, 7) is 7.70. The van der Waals surface area contributed by atoms with Crippen LogP contribution in [0.3, 0.4) is 0 Å². The molecular formula is C18H15ClN4S. The molecule has 24 heavy (non-hydrogen) atoms. The summed E-state index contributed by atoms with van der Waals surface area (Å²) in [4.78, 5) is 8.87. The Hall–Kier alpha value is -2.55. The molecule has 0 saturated heterocycles. The van der Waals surface area contributed by atoms with E-state index in [-0.39, 0.29) is 0 Å². The van der Waals surface area contributed by atoms with Gasteiger partial charge in [-0.25, -0.2) is 4.98 Å². The van der Waals surface area contributed by atoms with Crippen LogP contribution in [0.1, 0.15) is 28.5 Å². The average molecular weight is 355 g/mol. The largest absolute Gasteiger partial charge is 0.396 e. The number of hydrogen-bond donors (Lipinski definition) is 1. The van der Waals surface area contributed by atoms with Gasteiger partial charge in [0.25, 0.3) is 0 Å². The number of hydrogen-bond acceptors (Lipinski definition) is 4. The highest BCUT2D eigenvalue weighted by Gasteiger charge is 2.15. The lowest BCUT2D eigenvalue weighted by Crippen LogP contribution is -2.06. The summed E-state index contributed by atoms with van der Waals surface area (Å²) in [7, 11) is 0. The number of aryl methyl sites for hydroxylation is 1. The number of imidazole rings is 1. The third kappa shape index (κ3) is 3.21. The maximum Gasteiger partial charge on any atom is 0.161 e. The lowest BCUT2D eigenvalue weighted by atomic mass is 10.3. The summed E-state index contributed by atoms with van der Waals surface area (Å²) < 4.78 is 2.63. The molecule has 3 aromatic rings. The van der Waals surface area contributed by atoms with Gasteiger partial charge in [-0.05, 0) is 38.0 Å². The highest BCUT2D eigenvalue weighted by molar-refractivity contribution is 7.14. The fourth-order valence-electron chi connectivity index (χ4n) is 2.25. The van der Waals surface area contributed by atoms with Crippen molar-refractivity contribution in [1.29, 1.82) is 0 Å². The Morgan fingerprint density at radius 2 is 2.12 bits per heavy atom. The van der Waals surface area contributed by atoms with E-state index in [1.54, 1.807) is 6.20 Å². The van der Waals surface area contributed by atoms with Gasteiger partial charge < -0.3 is 5.73 Å². The van der Waals surface area contributed by atoms with Crippen LogP contribution in [-0.2, 0) is 0 Å². The molecule has 2 N–H and O–H groups in total. The molecule has 0 saturated carbocycles. The molecule has 0 spiro atoms. The van der Waals surface area contributed by atoms with Gasteiger partial charge in [0.05, 0.1) is 27.6 Å². The Kier molecular flexibility index (Phi) is 4.43. The molecule has 4 nitrogen and oxygen atoms in total. The first-order valence-corrected chi connectivity index (χ1v) is 8.44. The van der Waals surface area contributed by atoms with Crippen molar-refractivity contribution in [3.63, 3.8) is 0 Å². The van der Waals surface area contributed by atoms with Crippen LogP contribution in [0.25, 0.3) is 11.4 Å². The van der Waals surface area contributed by atoms with Crippen molar-refractivity contribution < 1.29 is 0 Å². The van der Waals surface area contributed by atoms with Crippen molar-refractivity contribution in [1.82, 2.24) is 14.5 Å². The van der Waals surface area contributed by atoms with Crippen molar-refractivity contribution >= 4 is 28.6 Å². The monoisotopic (exact) mass is 354 g/mol. The van der Waals surface area contributed by atoms with Crippen LogP contribution < -0.4 is 5.73 Å². The Bertz CT molecular complexity index is 971. The maximum atomic E-state index is 5.93. The third-order valence-corrected chi connectivity index (χ3v) is 4.53. The lowest BCUT2D eigenvalue weighted by Gasteiger charge is -2.09. The van der Waals surface area contributed by atoms with Crippen LogP contribution >= 0.6 is 22.9 Å². The number of nitrogens with two attached hydrogens (primary N) is 1. The molecule has 0 aliphatic heterocycles. The van der Waals surface area contributed by atoms with E-state index in [2.05, 4.69) is 28.4 Å². The van der Waals surface area contributed by atoms with E-state index in [9.17, 15) is 0 Å². The molecule has 3 aromatic heterocycles. The first kappa shape index (κ1) is 16.3. The van der Waals surface area contributed by atoms with Crippen molar-refractivity contribution in [2.24, 2.45) is 5.73 Å². The molecule has 3 rings (SSSR count). The van der Waals surface area contributed by atoms with E-state index in [1.807, 2.05) is 42.0 Å². The van der Waals surface area contributed by atoms with Gasteiger partial charge >= 0.3 is 0 Å². The van der Waals surface area contributed by atoms with Crippen molar-refractivity contribution in [3.05, 3.63) is 69.2 Å². The normalized spacial score (nSPS) is 10.3. The molecule has 120 valence electrons. The van der Waals surface area contributed by atoms with E-state index >= 15 is 0 Å². The molecule has 0 radical (unpaired) electrons. The highest BCUT2D eigenvalue weighted by atomic mass is 35.5. The van der Waals surface area contributed by atoms with Crippen LogP contribution in [0.2, 0.25) is 4.34 Å². The second-order valence-electron chi connectivity index (χ2n) is 5.28. The van der Waals surface area contributed by atoms with Crippen LogP contribution in [0.4, 0.5) is 0 Å². The van der Waals surface area contributed by atoms with Crippen LogP contribution in [0, 0.1) is 25.7 Å². The molecule has 0 fully saturated rings. The van der Waals surface area contributed by atoms with Crippen molar-refractivity contribution in [3.8, 4) is 17.5 Å². The number of aromatic nitrogens is 3. The van der Waals surface area contributed by atoms with Gasteiger partial charge in [-0.15, -0.1) is 11.3 Å². The quantitative estimate of drug-likeness (QED) is 0.709. The summed E-state index contributed by atoms with van der Waals surface area (Å²) in [6.07, 6.45) is 1.78. The average Bonchev–Trinajstić information content (AvgIpc) is 3.10. The zero-order chi connectivity index (χ0) is 17.3. The van der Waals surface area contributed by atoms with E-state index in [1.165, 1.54) is 11.3 Å². The summed E-state index contributed by atoms with van der Waals surface area (Å²) >= 11 is 7.38. The molecule has 0 unspecified atom stereocenters. The number of pyridine rings is 1. The Morgan fingerprint density at radius 3 is 2.71 bits per heavy atom. The first-order valence-electron chi connectivity index (χ1n) is 7.19. The van der Waals surface area contributed by atoms with Crippen LogP contribution in [-0.4, -0.2) is 14.5 Å². The van der Waals surface area contributed by atoms with Gasteiger partial charge in [0.1, 0.15) is 5.69 Å². The number of rotatable bonds is 2.